The number of nitro groups is 1. The van der Waals surface area contributed by atoms with Crippen molar-refractivity contribution in [1.29, 1.82) is 0 Å². The van der Waals surface area contributed by atoms with E-state index in [4.69, 9.17) is 4.99 Å². The number of para-hydroxylation sites is 2. The molecule has 1 saturated carbocycles. The summed E-state index contributed by atoms with van der Waals surface area (Å²) in [6.45, 7) is 5.52. The minimum atomic E-state index is -0.641. The number of carbonyl (C=O) groups is 2. The highest BCUT2D eigenvalue weighted by Crippen LogP contribution is 2.49. The van der Waals surface area contributed by atoms with Crippen molar-refractivity contribution >= 4 is 45.1 Å². The summed E-state index contributed by atoms with van der Waals surface area (Å²) in [5, 5.41) is 11.2. The number of anilines is 1. The number of aliphatic imine (C=N–C) groups is 1. The summed E-state index contributed by atoms with van der Waals surface area (Å²) in [4.78, 5) is 43.9. The molecular weight excluding hydrogens is 390 g/mol. The molecule has 0 radical (unpaired) electrons. The van der Waals surface area contributed by atoms with Crippen molar-refractivity contribution in [1.82, 2.24) is 0 Å². The van der Waals surface area contributed by atoms with Gasteiger partial charge in [-0.3, -0.25) is 24.7 Å². The van der Waals surface area contributed by atoms with Crippen molar-refractivity contribution in [3.05, 3.63) is 51.4 Å². The number of hydrogen-bond acceptors (Lipinski definition) is 6. The van der Waals surface area contributed by atoms with E-state index in [1.807, 2.05) is 38.1 Å². The maximum absolute atomic E-state index is 13.3. The molecular formula is C21H21N3O4S. The average Bonchev–Trinajstić information content (AvgIpc) is 3.05. The number of ketones is 1. The molecule has 1 aromatic heterocycles. The van der Waals surface area contributed by atoms with Gasteiger partial charge in [0.15, 0.2) is 0 Å². The monoisotopic (exact) mass is 411 g/mol. The normalized spacial score (nSPS) is 22.9. The first-order chi connectivity index (χ1) is 13.7. The van der Waals surface area contributed by atoms with Crippen LogP contribution in [0.1, 0.15) is 44.5 Å². The lowest BCUT2D eigenvalue weighted by Gasteiger charge is -2.40. The second-order valence-electron chi connectivity index (χ2n) is 8.32. The molecule has 1 unspecified atom stereocenters. The number of nitrogens with zero attached hydrogens (tertiary/aromatic N) is 3. The van der Waals surface area contributed by atoms with Crippen molar-refractivity contribution in [3.63, 3.8) is 0 Å². The number of benzene rings is 1. The standard InChI is InChI=1S/C21H21N3O4S/c1-12(25)23-15-7-5-4-6-13(15)22-14-10-21(2,3)11-16(26)19(14)20(23)17-8-9-18(29-17)24(27)28/h4-9,19-20H,10-11H2,1-3H3/t19?,20-/m1/s1. The number of carbonyl (C=O) groups excluding carboxylic acids is 2. The summed E-state index contributed by atoms with van der Waals surface area (Å²) in [6, 6.07) is 9.76. The molecule has 0 N–H and O–H groups in total. The molecule has 2 atom stereocenters. The number of fused-ring (bicyclic) bond motifs is 2. The van der Waals surface area contributed by atoms with Crippen LogP contribution in [0.3, 0.4) is 0 Å². The minimum Gasteiger partial charge on any atom is -0.301 e. The molecule has 150 valence electrons. The molecule has 1 aliphatic carbocycles. The lowest BCUT2D eigenvalue weighted by molar-refractivity contribution is -0.380. The van der Waals surface area contributed by atoms with Crippen LogP contribution < -0.4 is 4.90 Å². The molecule has 2 heterocycles. The van der Waals surface area contributed by atoms with Gasteiger partial charge in [0.2, 0.25) is 5.91 Å². The number of amides is 1. The molecule has 1 fully saturated rings. The molecule has 8 heteroatoms. The summed E-state index contributed by atoms with van der Waals surface area (Å²) in [5.41, 5.74) is 1.78. The van der Waals surface area contributed by atoms with Crippen LogP contribution in [0.5, 0.6) is 0 Å². The van der Waals surface area contributed by atoms with Crippen molar-refractivity contribution in [2.75, 3.05) is 4.90 Å². The second-order valence-corrected chi connectivity index (χ2v) is 9.41. The first-order valence-electron chi connectivity index (χ1n) is 9.41. The van der Waals surface area contributed by atoms with Crippen LogP contribution in [0.4, 0.5) is 16.4 Å². The van der Waals surface area contributed by atoms with E-state index in [1.54, 1.807) is 11.0 Å². The van der Waals surface area contributed by atoms with Gasteiger partial charge in [0.05, 0.1) is 28.3 Å². The fraction of sp³-hybridized carbons (Fsp3) is 0.381. The van der Waals surface area contributed by atoms with E-state index in [-0.39, 0.29) is 22.1 Å². The SMILES string of the molecule is CC(=O)N1c2ccccc2N=C2CC(C)(C)CC(=O)C2[C@H]1c1ccc([N+](=O)[O-])s1. The van der Waals surface area contributed by atoms with E-state index in [0.29, 0.717) is 29.1 Å². The maximum atomic E-state index is 13.3. The Bertz CT molecular complexity index is 1060. The molecule has 1 aliphatic heterocycles. The third kappa shape index (κ3) is 3.37. The van der Waals surface area contributed by atoms with E-state index in [9.17, 15) is 19.7 Å². The Morgan fingerprint density at radius 1 is 1.24 bits per heavy atom. The van der Waals surface area contributed by atoms with Crippen LogP contribution in [0.2, 0.25) is 0 Å². The number of hydrogen-bond donors (Lipinski definition) is 0. The minimum absolute atomic E-state index is 0.0110. The molecule has 7 nitrogen and oxygen atoms in total. The van der Waals surface area contributed by atoms with Gasteiger partial charge in [0, 0.05) is 30.0 Å². The molecule has 0 spiro atoms. The Labute approximate surface area is 172 Å². The van der Waals surface area contributed by atoms with E-state index in [2.05, 4.69) is 0 Å². The Morgan fingerprint density at radius 2 is 1.97 bits per heavy atom. The molecule has 2 aromatic rings. The topological polar surface area (TPSA) is 92.9 Å². The predicted octanol–water partition coefficient (Wildman–Crippen LogP) is 4.84. The zero-order chi connectivity index (χ0) is 20.9. The van der Waals surface area contributed by atoms with Crippen LogP contribution in [0.15, 0.2) is 41.4 Å². The Hall–Kier alpha value is -2.87. The summed E-state index contributed by atoms with van der Waals surface area (Å²) in [7, 11) is 0. The Kier molecular flexibility index (Phi) is 4.61. The summed E-state index contributed by atoms with van der Waals surface area (Å²) >= 11 is 1.01. The first kappa shape index (κ1) is 19.4. The van der Waals surface area contributed by atoms with Gasteiger partial charge in [-0.25, -0.2) is 0 Å². The van der Waals surface area contributed by atoms with Gasteiger partial charge in [-0.05, 0) is 30.0 Å². The molecule has 4 rings (SSSR count). The van der Waals surface area contributed by atoms with Crippen LogP contribution in [0.25, 0.3) is 0 Å². The smallest absolute Gasteiger partial charge is 0.301 e. The molecule has 2 aliphatic rings. The van der Waals surface area contributed by atoms with Crippen molar-refractivity contribution in [2.45, 2.75) is 39.7 Å². The quantitative estimate of drug-likeness (QED) is 0.522. The highest BCUT2D eigenvalue weighted by atomic mass is 32.1. The largest absolute Gasteiger partial charge is 0.324 e. The molecule has 1 aromatic carbocycles. The third-order valence-corrected chi connectivity index (χ3v) is 6.55. The number of Topliss-reactive ketones (excluding diaryl/α,β-unsaturated/α-hetero) is 1. The van der Waals surface area contributed by atoms with Crippen LogP contribution >= 0.6 is 11.3 Å². The van der Waals surface area contributed by atoms with Gasteiger partial charge in [-0.1, -0.05) is 37.3 Å². The lowest BCUT2D eigenvalue weighted by atomic mass is 9.68. The van der Waals surface area contributed by atoms with Crippen LogP contribution in [0, 0.1) is 21.4 Å². The van der Waals surface area contributed by atoms with E-state index in [1.165, 1.54) is 13.0 Å². The van der Waals surface area contributed by atoms with E-state index >= 15 is 0 Å². The van der Waals surface area contributed by atoms with Crippen molar-refractivity contribution in [2.24, 2.45) is 16.3 Å². The van der Waals surface area contributed by atoms with E-state index < -0.39 is 16.9 Å². The van der Waals surface area contributed by atoms with Gasteiger partial charge in [0.1, 0.15) is 5.78 Å². The highest BCUT2D eigenvalue weighted by Gasteiger charge is 2.48. The molecule has 0 bridgehead atoms. The van der Waals surface area contributed by atoms with Crippen molar-refractivity contribution < 1.29 is 14.5 Å². The van der Waals surface area contributed by atoms with E-state index in [0.717, 1.165) is 17.0 Å². The molecule has 1 amide bonds. The van der Waals surface area contributed by atoms with Gasteiger partial charge in [-0.15, -0.1) is 0 Å². The Balaban J connectivity index is 1.96. The summed E-state index contributed by atoms with van der Waals surface area (Å²) in [5.74, 6) is -0.828. The molecule has 0 saturated heterocycles. The van der Waals surface area contributed by atoms with Crippen molar-refractivity contribution in [3.8, 4) is 0 Å². The summed E-state index contributed by atoms with van der Waals surface area (Å²) in [6.07, 6.45) is 1.01. The summed E-state index contributed by atoms with van der Waals surface area (Å²) < 4.78 is 0. The van der Waals surface area contributed by atoms with Gasteiger partial charge >= 0.3 is 5.00 Å². The zero-order valence-electron chi connectivity index (χ0n) is 16.4. The van der Waals surface area contributed by atoms with Gasteiger partial charge in [-0.2, -0.15) is 0 Å². The highest BCUT2D eigenvalue weighted by molar-refractivity contribution is 7.15. The maximum Gasteiger partial charge on any atom is 0.324 e. The van der Waals surface area contributed by atoms with Gasteiger partial charge < -0.3 is 4.90 Å². The molecule has 29 heavy (non-hydrogen) atoms. The number of thiophene rings is 1. The zero-order valence-corrected chi connectivity index (χ0v) is 17.2. The second kappa shape index (κ2) is 6.88. The van der Waals surface area contributed by atoms with Crippen LogP contribution in [-0.4, -0.2) is 22.3 Å². The lowest BCUT2D eigenvalue weighted by Crippen LogP contribution is -2.46. The average molecular weight is 411 g/mol. The fourth-order valence-electron chi connectivity index (χ4n) is 4.37. The number of rotatable bonds is 2. The first-order valence-corrected chi connectivity index (χ1v) is 10.2. The predicted molar refractivity (Wildman–Crippen MR) is 112 cm³/mol. The fourth-order valence-corrected chi connectivity index (χ4v) is 5.32. The van der Waals surface area contributed by atoms with Gasteiger partial charge in [0.25, 0.3) is 0 Å². The Morgan fingerprint density at radius 3 is 2.62 bits per heavy atom. The van der Waals surface area contributed by atoms with Crippen LogP contribution in [-0.2, 0) is 9.59 Å². The third-order valence-electron chi connectivity index (χ3n) is 5.44.